The molecule has 2 aromatic carbocycles. The summed E-state index contributed by atoms with van der Waals surface area (Å²) in [7, 11) is 0. The van der Waals surface area contributed by atoms with Crippen LogP contribution in [0.1, 0.15) is 16.7 Å². The van der Waals surface area contributed by atoms with Gasteiger partial charge in [0.15, 0.2) is 0 Å². The second-order valence-electron chi connectivity index (χ2n) is 4.10. The molecule has 0 aromatic heterocycles. The number of nitrogens with two attached hydrogens (primary N) is 1. The summed E-state index contributed by atoms with van der Waals surface area (Å²) in [5, 5.41) is 8.79. The molecule has 0 spiro atoms. The third kappa shape index (κ3) is 3.82. The fourth-order valence-corrected chi connectivity index (χ4v) is 2.52. The molecule has 96 valence electrons. The summed E-state index contributed by atoms with van der Waals surface area (Å²) >= 11 is 1.60. The zero-order valence-corrected chi connectivity index (χ0v) is 11.1. The quantitative estimate of drug-likeness (QED) is 0.867. The van der Waals surface area contributed by atoms with Gasteiger partial charge in [-0.05, 0) is 41.5 Å². The summed E-state index contributed by atoms with van der Waals surface area (Å²) in [5.41, 5.74) is 7.78. The number of nitriles is 1. The van der Waals surface area contributed by atoms with Crippen molar-refractivity contribution in [2.75, 3.05) is 0 Å². The Balaban J connectivity index is 2.05. The first kappa shape index (κ1) is 13.6. The molecular formula is C15H13FN2S. The summed E-state index contributed by atoms with van der Waals surface area (Å²) < 4.78 is 13.3. The lowest BCUT2D eigenvalue weighted by molar-refractivity contribution is 0.626. The van der Waals surface area contributed by atoms with Crippen LogP contribution in [0.5, 0.6) is 0 Å². The van der Waals surface area contributed by atoms with Gasteiger partial charge in [0.2, 0.25) is 0 Å². The number of nitrogens with zero attached hydrogens (tertiary/aromatic N) is 1. The Morgan fingerprint density at radius 3 is 2.47 bits per heavy atom. The monoisotopic (exact) mass is 272 g/mol. The van der Waals surface area contributed by atoms with E-state index in [4.69, 9.17) is 11.0 Å². The molecule has 0 aliphatic heterocycles. The molecule has 2 rings (SSSR count). The minimum absolute atomic E-state index is 0.356. The van der Waals surface area contributed by atoms with Crippen molar-refractivity contribution in [2.24, 2.45) is 5.73 Å². The number of thioether (sulfide) groups is 1. The van der Waals surface area contributed by atoms with E-state index in [0.29, 0.717) is 17.9 Å². The van der Waals surface area contributed by atoms with Crippen LogP contribution < -0.4 is 5.73 Å². The molecule has 0 fully saturated rings. The highest BCUT2D eigenvalue weighted by Gasteiger charge is 2.02. The minimum Gasteiger partial charge on any atom is -0.326 e. The van der Waals surface area contributed by atoms with Crippen LogP contribution in [-0.4, -0.2) is 0 Å². The van der Waals surface area contributed by atoms with E-state index in [1.807, 2.05) is 30.3 Å². The van der Waals surface area contributed by atoms with Crippen LogP contribution >= 0.6 is 11.8 Å². The van der Waals surface area contributed by atoms with Crippen molar-refractivity contribution in [3.05, 3.63) is 65.0 Å². The van der Waals surface area contributed by atoms with Crippen molar-refractivity contribution >= 4 is 11.8 Å². The first-order valence-electron chi connectivity index (χ1n) is 5.82. The van der Waals surface area contributed by atoms with Gasteiger partial charge in [-0.3, -0.25) is 0 Å². The molecule has 0 amide bonds. The first-order chi connectivity index (χ1) is 9.21. The van der Waals surface area contributed by atoms with Crippen molar-refractivity contribution in [1.29, 1.82) is 5.26 Å². The van der Waals surface area contributed by atoms with E-state index in [1.54, 1.807) is 17.8 Å². The SMILES string of the molecule is N#Cc1cc(F)cc(CSc2ccc(CN)cc2)c1. The van der Waals surface area contributed by atoms with Gasteiger partial charge in [0.25, 0.3) is 0 Å². The molecule has 19 heavy (non-hydrogen) atoms. The Labute approximate surface area is 116 Å². The van der Waals surface area contributed by atoms with E-state index in [9.17, 15) is 4.39 Å². The lowest BCUT2D eigenvalue weighted by Gasteiger charge is -2.04. The molecule has 2 nitrogen and oxygen atoms in total. The fourth-order valence-electron chi connectivity index (χ4n) is 1.69. The normalized spacial score (nSPS) is 10.2. The largest absolute Gasteiger partial charge is 0.326 e. The third-order valence-corrected chi connectivity index (χ3v) is 3.73. The topological polar surface area (TPSA) is 49.8 Å². The van der Waals surface area contributed by atoms with Crippen molar-refractivity contribution in [1.82, 2.24) is 0 Å². The zero-order chi connectivity index (χ0) is 13.7. The van der Waals surface area contributed by atoms with Gasteiger partial charge in [0, 0.05) is 17.2 Å². The molecule has 0 saturated heterocycles. The predicted molar refractivity (Wildman–Crippen MR) is 75.0 cm³/mol. The number of hydrogen-bond donors (Lipinski definition) is 1. The molecule has 0 aliphatic rings. The molecule has 0 unspecified atom stereocenters. The number of rotatable bonds is 4. The van der Waals surface area contributed by atoms with Gasteiger partial charge in [-0.25, -0.2) is 4.39 Å². The number of benzene rings is 2. The zero-order valence-electron chi connectivity index (χ0n) is 10.3. The van der Waals surface area contributed by atoms with Gasteiger partial charge in [-0.2, -0.15) is 5.26 Å². The highest BCUT2D eigenvalue weighted by molar-refractivity contribution is 7.98. The number of halogens is 1. The first-order valence-corrected chi connectivity index (χ1v) is 6.81. The Bertz CT molecular complexity index is 603. The second kappa shape index (κ2) is 6.37. The van der Waals surface area contributed by atoms with E-state index in [1.165, 1.54) is 12.1 Å². The van der Waals surface area contributed by atoms with E-state index in [2.05, 4.69) is 0 Å². The second-order valence-corrected chi connectivity index (χ2v) is 5.15. The molecule has 0 atom stereocenters. The van der Waals surface area contributed by atoms with Gasteiger partial charge in [0.05, 0.1) is 11.6 Å². The molecule has 0 saturated carbocycles. The maximum absolute atomic E-state index is 13.3. The van der Waals surface area contributed by atoms with Crippen LogP contribution in [-0.2, 0) is 12.3 Å². The molecule has 0 bridgehead atoms. The van der Waals surface area contributed by atoms with Crippen LogP contribution in [0.15, 0.2) is 47.4 Å². The highest BCUT2D eigenvalue weighted by atomic mass is 32.2. The van der Waals surface area contributed by atoms with Crippen LogP contribution in [0.3, 0.4) is 0 Å². The summed E-state index contributed by atoms with van der Waals surface area (Å²) in [6.07, 6.45) is 0. The molecular weight excluding hydrogens is 259 g/mol. The van der Waals surface area contributed by atoms with Gasteiger partial charge < -0.3 is 5.73 Å². The smallest absolute Gasteiger partial charge is 0.124 e. The van der Waals surface area contributed by atoms with Crippen molar-refractivity contribution in [2.45, 2.75) is 17.2 Å². The minimum atomic E-state index is -0.367. The van der Waals surface area contributed by atoms with Crippen molar-refractivity contribution in [3.63, 3.8) is 0 Å². The average molecular weight is 272 g/mol. The van der Waals surface area contributed by atoms with Gasteiger partial charge >= 0.3 is 0 Å². The molecule has 4 heteroatoms. The molecule has 2 aromatic rings. The predicted octanol–water partition coefficient (Wildman–Crippen LogP) is 3.45. The summed E-state index contributed by atoms with van der Waals surface area (Å²) in [6.45, 7) is 0.528. The van der Waals surface area contributed by atoms with Crippen molar-refractivity contribution < 1.29 is 4.39 Å². The van der Waals surface area contributed by atoms with E-state index < -0.39 is 0 Å². The lowest BCUT2D eigenvalue weighted by atomic mass is 10.1. The Hall–Kier alpha value is -1.83. The van der Waals surface area contributed by atoms with E-state index in [-0.39, 0.29) is 5.82 Å². The Morgan fingerprint density at radius 1 is 1.11 bits per heavy atom. The van der Waals surface area contributed by atoms with Gasteiger partial charge in [-0.15, -0.1) is 11.8 Å². The molecule has 0 aliphatic carbocycles. The molecule has 0 radical (unpaired) electrons. The maximum atomic E-state index is 13.3. The van der Waals surface area contributed by atoms with Gasteiger partial charge in [0.1, 0.15) is 5.82 Å². The van der Waals surface area contributed by atoms with E-state index in [0.717, 1.165) is 16.0 Å². The average Bonchev–Trinajstić information content (AvgIpc) is 2.45. The summed E-state index contributed by atoms with van der Waals surface area (Å²) in [4.78, 5) is 1.10. The summed E-state index contributed by atoms with van der Waals surface area (Å²) in [6, 6.07) is 14.3. The van der Waals surface area contributed by atoms with Crippen LogP contribution in [0.2, 0.25) is 0 Å². The van der Waals surface area contributed by atoms with Crippen LogP contribution in [0.4, 0.5) is 4.39 Å². The third-order valence-electron chi connectivity index (χ3n) is 2.65. The molecule has 2 N–H and O–H groups in total. The lowest BCUT2D eigenvalue weighted by Crippen LogP contribution is -1.95. The fraction of sp³-hybridized carbons (Fsp3) is 0.133. The standard InChI is InChI=1S/C15H13FN2S/c16-14-6-12(9-18)5-13(7-14)10-19-15-3-1-11(8-17)2-4-15/h1-7H,8,10,17H2. The Morgan fingerprint density at radius 2 is 1.84 bits per heavy atom. The van der Waals surface area contributed by atoms with Crippen molar-refractivity contribution in [3.8, 4) is 6.07 Å². The Kier molecular flexibility index (Phi) is 4.56. The number of hydrogen-bond acceptors (Lipinski definition) is 3. The van der Waals surface area contributed by atoms with Crippen LogP contribution in [0.25, 0.3) is 0 Å². The maximum Gasteiger partial charge on any atom is 0.124 e. The van der Waals surface area contributed by atoms with E-state index >= 15 is 0 Å². The summed E-state index contributed by atoms with van der Waals surface area (Å²) in [5.74, 6) is 0.266. The molecule has 0 heterocycles. The highest BCUT2D eigenvalue weighted by Crippen LogP contribution is 2.24. The van der Waals surface area contributed by atoms with Crippen LogP contribution in [0, 0.1) is 17.1 Å². The van der Waals surface area contributed by atoms with Gasteiger partial charge in [-0.1, -0.05) is 12.1 Å².